The molecule has 0 amide bonds. The van der Waals surface area contributed by atoms with Crippen LogP contribution in [0.1, 0.15) is 27.5 Å². The van der Waals surface area contributed by atoms with Gasteiger partial charge in [0.05, 0.1) is 11.3 Å². The Hall–Kier alpha value is -2.59. The molecule has 3 rings (SSSR count). The van der Waals surface area contributed by atoms with Gasteiger partial charge in [-0.25, -0.2) is 0 Å². The summed E-state index contributed by atoms with van der Waals surface area (Å²) in [4.78, 5) is 12.4. The van der Waals surface area contributed by atoms with E-state index in [0.717, 1.165) is 17.0 Å². The van der Waals surface area contributed by atoms with E-state index in [0.29, 0.717) is 22.1 Å². The van der Waals surface area contributed by atoms with E-state index < -0.39 is 0 Å². The quantitative estimate of drug-likeness (QED) is 0.504. The number of hydrogen-bond donors (Lipinski definition) is 0. The number of aryl methyl sites for hydroxylation is 2. The maximum absolute atomic E-state index is 12.4. The molecule has 0 atom stereocenters. The molecule has 0 N–H and O–H groups in total. The number of carbonyl (C=O) groups is 1. The van der Waals surface area contributed by atoms with Crippen molar-refractivity contribution in [2.45, 2.75) is 13.8 Å². The molecule has 2 aromatic heterocycles. The topological polar surface area (TPSA) is 48.0 Å². The number of benzene rings is 1. The van der Waals surface area contributed by atoms with Gasteiger partial charge in [0, 0.05) is 23.3 Å². The van der Waals surface area contributed by atoms with Gasteiger partial charge in [-0.3, -0.25) is 9.48 Å². The summed E-state index contributed by atoms with van der Waals surface area (Å²) in [6, 6.07) is 11.1. The minimum atomic E-state index is -0.0844. The molecule has 24 heavy (non-hydrogen) atoms. The molecule has 0 aliphatic heterocycles. The highest BCUT2D eigenvalue weighted by Gasteiger charge is 2.15. The van der Waals surface area contributed by atoms with Crippen LogP contribution in [0.25, 0.3) is 17.4 Å². The molecular weight excluding hydrogens is 324 g/mol. The molecule has 0 spiro atoms. The van der Waals surface area contributed by atoms with Crippen molar-refractivity contribution in [2.75, 3.05) is 0 Å². The Morgan fingerprint density at radius 2 is 2.04 bits per heavy atom. The highest BCUT2D eigenvalue weighted by Crippen LogP contribution is 2.25. The molecule has 0 aliphatic rings. The third-order valence-corrected chi connectivity index (χ3v) is 4.13. The van der Waals surface area contributed by atoms with Gasteiger partial charge < -0.3 is 4.42 Å². The maximum Gasteiger partial charge on any atom is 0.189 e. The maximum atomic E-state index is 12.4. The summed E-state index contributed by atoms with van der Waals surface area (Å²) in [5, 5.41) is 4.92. The first-order valence-corrected chi connectivity index (χ1v) is 7.92. The average molecular weight is 341 g/mol. The first kappa shape index (κ1) is 16.3. The van der Waals surface area contributed by atoms with Crippen LogP contribution in [0.2, 0.25) is 5.02 Å². The van der Waals surface area contributed by atoms with Crippen LogP contribution < -0.4 is 0 Å². The lowest BCUT2D eigenvalue weighted by atomic mass is 10.1. The van der Waals surface area contributed by atoms with E-state index in [1.54, 1.807) is 10.8 Å². The molecule has 3 aromatic rings. The third-order valence-electron chi connectivity index (χ3n) is 3.89. The van der Waals surface area contributed by atoms with Crippen LogP contribution in [0.4, 0.5) is 0 Å². The van der Waals surface area contributed by atoms with Crippen molar-refractivity contribution < 1.29 is 9.21 Å². The Bertz CT molecular complexity index is 935. The number of halogens is 1. The second-order valence-electron chi connectivity index (χ2n) is 5.58. The summed E-state index contributed by atoms with van der Waals surface area (Å²) in [7, 11) is 1.83. The van der Waals surface area contributed by atoms with Gasteiger partial charge in [0.1, 0.15) is 11.5 Å². The van der Waals surface area contributed by atoms with Gasteiger partial charge in [-0.15, -0.1) is 0 Å². The van der Waals surface area contributed by atoms with Crippen LogP contribution in [-0.2, 0) is 7.05 Å². The fourth-order valence-electron chi connectivity index (χ4n) is 2.61. The second kappa shape index (κ2) is 6.49. The number of ketones is 1. The number of rotatable bonds is 4. The molecule has 0 bridgehead atoms. The molecule has 0 saturated heterocycles. The summed E-state index contributed by atoms with van der Waals surface area (Å²) in [6.45, 7) is 3.71. The normalized spacial score (nSPS) is 11.3. The zero-order valence-corrected chi connectivity index (χ0v) is 14.5. The monoisotopic (exact) mass is 340 g/mol. The highest BCUT2D eigenvalue weighted by atomic mass is 35.5. The standard InChI is InChI=1S/C19H17ClN2O2/c1-12-19(13(2)22(3)21-12)17(23)9-7-16-8-10-18(24-16)14-5-4-6-15(20)11-14/h4-11H,1-3H3/b9-7+. The fraction of sp³-hybridized carbons (Fsp3) is 0.158. The molecule has 0 aliphatic carbocycles. The van der Waals surface area contributed by atoms with Gasteiger partial charge in [-0.05, 0) is 50.3 Å². The summed E-state index contributed by atoms with van der Waals surface area (Å²) in [5.41, 5.74) is 3.10. The number of furan rings is 1. The third kappa shape index (κ3) is 3.19. The molecule has 0 saturated carbocycles. The first-order valence-electron chi connectivity index (χ1n) is 7.54. The van der Waals surface area contributed by atoms with Crippen molar-refractivity contribution in [1.82, 2.24) is 9.78 Å². The molecule has 1 aromatic carbocycles. The summed E-state index contributed by atoms with van der Waals surface area (Å²) in [5.74, 6) is 1.23. The van der Waals surface area contributed by atoms with Crippen LogP contribution in [0.5, 0.6) is 0 Å². The SMILES string of the molecule is Cc1nn(C)c(C)c1C(=O)/C=C/c1ccc(-c2cccc(Cl)c2)o1. The molecular formula is C19H17ClN2O2. The van der Waals surface area contributed by atoms with Crippen molar-refractivity contribution in [3.63, 3.8) is 0 Å². The van der Waals surface area contributed by atoms with Gasteiger partial charge >= 0.3 is 0 Å². The predicted molar refractivity (Wildman–Crippen MR) is 95.2 cm³/mol. The van der Waals surface area contributed by atoms with Gasteiger partial charge in [0.15, 0.2) is 5.78 Å². The zero-order valence-electron chi connectivity index (χ0n) is 13.7. The molecule has 122 valence electrons. The van der Waals surface area contributed by atoms with Gasteiger partial charge in [-0.2, -0.15) is 5.10 Å². The molecule has 0 fully saturated rings. The Morgan fingerprint density at radius 3 is 2.71 bits per heavy atom. The number of allylic oxidation sites excluding steroid dienone is 1. The van der Waals surface area contributed by atoms with E-state index in [2.05, 4.69) is 5.10 Å². The lowest BCUT2D eigenvalue weighted by Gasteiger charge is -1.97. The molecule has 0 unspecified atom stereocenters. The fourth-order valence-corrected chi connectivity index (χ4v) is 2.80. The average Bonchev–Trinajstić information content (AvgIpc) is 3.10. The smallest absolute Gasteiger partial charge is 0.189 e. The van der Waals surface area contributed by atoms with Crippen LogP contribution in [-0.4, -0.2) is 15.6 Å². The molecule has 2 heterocycles. The lowest BCUT2D eigenvalue weighted by molar-refractivity contribution is 0.104. The highest BCUT2D eigenvalue weighted by molar-refractivity contribution is 6.30. The Balaban J connectivity index is 1.82. The minimum absolute atomic E-state index is 0.0844. The number of nitrogens with zero attached hydrogens (tertiary/aromatic N) is 2. The van der Waals surface area contributed by atoms with E-state index in [9.17, 15) is 4.79 Å². The van der Waals surface area contributed by atoms with Crippen molar-refractivity contribution in [1.29, 1.82) is 0 Å². The predicted octanol–water partition coefficient (Wildman–Crippen LogP) is 4.85. The Labute approximate surface area is 145 Å². The van der Waals surface area contributed by atoms with Gasteiger partial charge in [-0.1, -0.05) is 23.7 Å². The lowest BCUT2D eigenvalue weighted by Crippen LogP contribution is -1.99. The van der Waals surface area contributed by atoms with E-state index in [1.165, 1.54) is 6.08 Å². The molecule has 4 nitrogen and oxygen atoms in total. The van der Waals surface area contributed by atoms with Crippen molar-refractivity contribution in [3.8, 4) is 11.3 Å². The van der Waals surface area contributed by atoms with Gasteiger partial charge in [0.2, 0.25) is 0 Å². The molecule has 0 radical (unpaired) electrons. The van der Waals surface area contributed by atoms with E-state index in [1.807, 2.05) is 57.3 Å². The van der Waals surface area contributed by atoms with Crippen LogP contribution >= 0.6 is 11.6 Å². The zero-order chi connectivity index (χ0) is 17.3. The van der Waals surface area contributed by atoms with Crippen molar-refractivity contribution in [2.24, 2.45) is 7.05 Å². The van der Waals surface area contributed by atoms with Crippen LogP contribution in [0.3, 0.4) is 0 Å². The Kier molecular flexibility index (Phi) is 4.40. The first-order chi connectivity index (χ1) is 11.5. The minimum Gasteiger partial charge on any atom is -0.457 e. The number of carbonyl (C=O) groups excluding carboxylic acids is 1. The Morgan fingerprint density at radius 1 is 1.25 bits per heavy atom. The van der Waals surface area contributed by atoms with E-state index >= 15 is 0 Å². The second-order valence-corrected chi connectivity index (χ2v) is 6.02. The van der Waals surface area contributed by atoms with E-state index in [4.69, 9.17) is 16.0 Å². The van der Waals surface area contributed by atoms with Gasteiger partial charge in [0.25, 0.3) is 0 Å². The van der Waals surface area contributed by atoms with Crippen molar-refractivity contribution in [3.05, 3.63) is 70.2 Å². The number of hydrogen-bond acceptors (Lipinski definition) is 3. The van der Waals surface area contributed by atoms with Crippen LogP contribution in [0.15, 0.2) is 46.9 Å². The summed E-state index contributed by atoms with van der Waals surface area (Å²) < 4.78 is 7.47. The largest absolute Gasteiger partial charge is 0.457 e. The van der Waals surface area contributed by atoms with E-state index in [-0.39, 0.29) is 5.78 Å². The molecule has 5 heteroatoms. The summed E-state index contributed by atoms with van der Waals surface area (Å²) in [6.07, 6.45) is 3.18. The van der Waals surface area contributed by atoms with Crippen LogP contribution in [0, 0.1) is 13.8 Å². The number of aromatic nitrogens is 2. The van der Waals surface area contributed by atoms with Crippen molar-refractivity contribution >= 4 is 23.5 Å². The summed E-state index contributed by atoms with van der Waals surface area (Å²) >= 11 is 6.00.